The van der Waals surface area contributed by atoms with Crippen LogP contribution < -0.4 is 0 Å². The molecule has 5 nitrogen and oxygen atoms in total. The number of nitrogens with zero attached hydrogens (tertiary/aromatic N) is 1. The third-order valence-electron chi connectivity index (χ3n) is 5.45. The first-order valence-corrected chi connectivity index (χ1v) is 12.4. The number of hydrogen-bond acceptors (Lipinski definition) is 3. The fourth-order valence-electron chi connectivity index (χ4n) is 3.79. The van der Waals surface area contributed by atoms with E-state index in [0.717, 1.165) is 12.8 Å². The van der Waals surface area contributed by atoms with Crippen molar-refractivity contribution in [2.45, 2.75) is 116 Å². The van der Waals surface area contributed by atoms with Crippen LogP contribution in [0.2, 0.25) is 0 Å². The molecule has 0 radical (unpaired) electrons. The maximum Gasteiger partial charge on any atom is 0.306 e. The van der Waals surface area contributed by atoms with Crippen molar-refractivity contribution in [2.75, 3.05) is 34.3 Å². The third kappa shape index (κ3) is 21.8. The van der Waals surface area contributed by atoms with E-state index in [4.69, 9.17) is 9.84 Å². The minimum atomic E-state index is -0.855. The van der Waals surface area contributed by atoms with Crippen LogP contribution in [0, 0.1) is 0 Å². The molecule has 5 heteroatoms. The smallest absolute Gasteiger partial charge is 0.306 e. The second kappa shape index (κ2) is 18.8. The van der Waals surface area contributed by atoms with Gasteiger partial charge < -0.3 is 14.3 Å². The molecular weight excluding hydrogens is 378 g/mol. The van der Waals surface area contributed by atoms with Crippen molar-refractivity contribution in [1.29, 1.82) is 0 Å². The van der Waals surface area contributed by atoms with Gasteiger partial charge in [0.15, 0.2) is 0 Å². The summed E-state index contributed by atoms with van der Waals surface area (Å²) in [6, 6.07) is 0. The van der Waals surface area contributed by atoms with E-state index in [1.165, 1.54) is 70.6 Å². The molecule has 0 rings (SSSR count). The maximum absolute atomic E-state index is 12.0. The Kier molecular flexibility index (Phi) is 18.2. The highest BCUT2D eigenvalue weighted by Crippen LogP contribution is 2.13. The van der Waals surface area contributed by atoms with Gasteiger partial charge in [-0.1, -0.05) is 84.0 Å². The Bertz CT molecular complexity index is 431. The zero-order valence-corrected chi connectivity index (χ0v) is 20.4. The SMILES string of the molecule is CCCCCCCCCCCCCCCC(=O)CCO[C@H](CC(=O)O)C[N+](C)(C)C. The van der Waals surface area contributed by atoms with Crippen LogP contribution in [0.25, 0.3) is 0 Å². The quantitative estimate of drug-likeness (QED) is 0.170. The number of quaternary nitrogens is 1. The standard InChI is InChI=1S/C25H49NO4/c1-5-6-7-8-9-10-11-12-13-14-15-16-17-18-23(27)19-20-30-24(21-25(28)29)22-26(2,3)4/h24H,5-22H2,1-4H3/p+1/t24-/m1/s1. The number of carboxylic acids is 1. The summed E-state index contributed by atoms with van der Waals surface area (Å²) in [7, 11) is 6.04. The normalized spacial score (nSPS) is 12.8. The summed E-state index contributed by atoms with van der Waals surface area (Å²) in [5.74, 6) is -0.621. The molecule has 0 aliphatic heterocycles. The lowest BCUT2D eigenvalue weighted by Gasteiger charge is -2.28. The molecule has 0 aliphatic rings. The molecule has 0 aromatic carbocycles. The first-order chi connectivity index (χ1) is 14.2. The lowest BCUT2D eigenvalue weighted by atomic mass is 10.0. The van der Waals surface area contributed by atoms with E-state index in [-0.39, 0.29) is 18.3 Å². The summed E-state index contributed by atoms with van der Waals surface area (Å²) in [5, 5.41) is 9.02. The van der Waals surface area contributed by atoms with Crippen molar-refractivity contribution >= 4 is 11.8 Å². The molecule has 1 atom stereocenters. The average molecular weight is 429 g/mol. The van der Waals surface area contributed by atoms with Gasteiger partial charge in [0.1, 0.15) is 18.4 Å². The van der Waals surface area contributed by atoms with Crippen molar-refractivity contribution < 1.29 is 23.9 Å². The van der Waals surface area contributed by atoms with Crippen LogP contribution >= 0.6 is 0 Å². The van der Waals surface area contributed by atoms with Gasteiger partial charge in [0.2, 0.25) is 0 Å². The van der Waals surface area contributed by atoms with Gasteiger partial charge in [-0.25, -0.2) is 0 Å². The highest BCUT2D eigenvalue weighted by molar-refractivity contribution is 5.78. The Balaban J connectivity index is 3.57. The molecule has 0 aromatic heterocycles. The van der Waals surface area contributed by atoms with Gasteiger partial charge in [-0.05, 0) is 6.42 Å². The van der Waals surface area contributed by atoms with Crippen LogP contribution in [0.1, 0.15) is 110 Å². The second-order valence-electron chi connectivity index (χ2n) is 9.84. The number of carbonyl (C=O) groups excluding carboxylic acids is 1. The molecule has 0 heterocycles. The highest BCUT2D eigenvalue weighted by Gasteiger charge is 2.21. The first kappa shape index (κ1) is 29.1. The Labute approximate surface area is 186 Å². The van der Waals surface area contributed by atoms with Crippen molar-refractivity contribution in [3.8, 4) is 0 Å². The zero-order chi connectivity index (χ0) is 22.7. The van der Waals surface area contributed by atoms with E-state index in [1.54, 1.807) is 0 Å². The summed E-state index contributed by atoms with van der Waals surface area (Å²) < 4.78 is 6.34. The van der Waals surface area contributed by atoms with Crippen LogP contribution in [-0.4, -0.2) is 61.7 Å². The second-order valence-corrected chi connectivity index (χ2v) is 9.84. The average Bonchev–Trinajstić information content (AvgIpc) is 2.63. The summed E-state index contributed by atoms with van der Waals surface area (Å²) in [5.41, 5.74) is 0. The summed E-state index contributed by atoms with van der Waals surface area (Å²) in [6.07, 6.45) is 17.6. The van der Waals surface area contributed by atoms with E-state index in [2.05, 4.69) is 6.92 Å². The number of Topliss-reactive ketones (excluding diaryl/α,β-unsaturated/α-hetero) is 1. The molecule has 30 heavy (non-hydrogen) atoms. The van der Waals surface area contributed by atoms with Gasteiger partial charge in [0.25, 0.3) is 0 Å². The molecule has 0 unspecified atom stereocenters. The first-order valence-electron chi connectivity index (χ1n) is 12.4. The number of ether oxygens (including phenoxy) is 1. The fraction of sp³-hybridized carbons (Fsp3) is 0.920. The molecule has 0 bridgehead atoms. The molecule has 178 valence electrons. The number of carboxylic acid groups (broad SMARTS) is 1. The van der Waals surface area contributed by atoms with Gasteiger partial charge in [0.05, 0.1) is 34.2 Å². The Morgan fingerprint density at radius 2 is 1.23 bits per heavy atom. The van der Waals surface area contributed by atoms with Gasteiger partial charge in [-0.15, -0.1) is 0 Å². The highest BCUT2D eigenvalue weighted by atomic mass is 16.5. The lowest BCUT2D eigenvalue weighted by Crippen LogP contribution is -2.43. The molecule has 0 aromatic rings. The molecule has 0 spiro atoms. The zero-order valence-electron chi connectivity index (χ0n) is 20.4. The number of likely N-dealkylation sites (N-methyl/N-ethyl adjacent to an activating group) is 1. The predicted molar refractivity (Wildman–Crippen MR) is 125 cm³/mol. The number of ketones is 1. The van der Waals surface area contributed by atoms with Crippen molar-refractivity contribution in [3.63, 3.8) is 0 Å². The van der Waals surface area contributed by atoms with Gasteiger partial charge >= 0.3 is 5.97 Å². The minimum Gasteiger partial charge on any atom is -0.481 e. The largest absolute Gasteiger partial charge is 0.481 e. The molecule has 0 fully saturated rings. The van der Waals surface area contributed by atoms with Gasteiger partial charge in [0, 0.05) is 12.8 Å². The van der Waals surface area contributed by atoms with Crippen molar-refractivity contribution in [3.05, 3.63) is 0 Å². The van der Waals surface area contributed by atoms with Crippen LogP contribution in [-0.2, 0) is 14.3 Å². The molecule has 0 aliphatic carbocycles. The van der Waals surface area contributed by atoms with Crippen LogP contribution in [0.5, 0.6) is 0 Å². The number of aliphatic carboxylic acids is 1. The third-order valence-corrected chi connectivity index (χ3v) is 5.45. The molecule has 0 saturated carbocycles. The Hall–Kier alpha value is -0.940. The molecule has 0 saturated heterocycles. The molecular formula is C25H50NO4+. The minimum absolute atomic E-state index is 0.0113. The van der Waals surface area contributed by atoms with Gasteiger partial charge in [-0.2, -0.15) is 0 Å². The number of rotatable bonds is 22. The maximum atomic E-state index is 12.0. The number of carbonyl (C=O) groups is 2. The monoisotopic (exact) mass is 428 g/mol. The lowest BCUT2D eigenvalue weighted by molar-refractivity contribution is -0.873. The predicted octanol–water partition coefficient (Wildman–Crippen LogP) is 5.99. The fourth-order valence-corrected chi connectivity index (χ4v) is 3.79. The van der Waals surface area contributed by atoms with E-state index in [9.17, 15) is 9.59 Å². The van der Waals surface area contributed by atoms with E-state index >= 15 is 0 Å². The number of unbranched alkanes of at least 4 members (excludes halogenated alkanes) is 12. The van der Waals surface area contributed by atoms with Crippen molar-refractivity contribution in [2.24, 2.45) is 0 Å². The summed E-state index contributed by atoms with van der Waals surface area (Å²) in [4.78, 5) is 23.0. The summed E-state index contributed by atoms with van der Waals surface area (Å²) >= 11 is 0. The van der Waals surface area contributed by atoms with Crippen LogP contribution in [0.15, 0.2) is 0 Å². The van der Waals surface area contributed by atoms with E-state index in [0.29, 0.717) is 30.5 Å². The Morgan fingerprint density at radius 3 is 1.67 bits per heavy atom. The van der Waals surface area contributed by atoms with E-state index in [1.807, 2.05) is 21.1 Å². The van der Waals surface area contributed by atoms with Crippen LogP contribution in [0.3, 0.4) is 0 Å². The van der Waals surface area contributed by atoms with E-state index < -0.39 is 5.97 Å². The number of hydrogen-bond donors (Lipinski definition) is 1. The van der Waals surface area contributed by atoms with Gasteiger partial charge in [-0.3, -0.25) is 9.59 Å². The molecule has 1 N–H and O–H groups in total. The molecule has 0 amide bonds. The van der Waals surface area contributed by atoms with Crippen LogP contribution in [0.4, 0.5) is 0 Å². The summed E-state index contributed by atoms with van der Waals surface area (Å²) in [6.45, 7) is 3.21. The Morgan fingerprint density at radius 1 is 0.767 bits per heavy atom. The van der Waals surface area contributed by atoms with Crippen molar-refractivity contribution in [1.82, 2.24) is 0 Å². The topological polar surface area (TPSA) is 63.6 Å².